The van der Waals surface area contributed by atoms with Crippen molar-refractivity contribution in [2.24, 2.45) is 0 Å². The molecule has 68 valence electrons. The van der Waals surface area contributed by atoms with Gasteiger partial charge in [0, 0.05) is 12.3 Å². The Morgan fingerprint density at radius 1 is 1.15 bits per heavy atom. The lowest BCUT2D eigenvalue weighted by molar-refractivity contribution is 1.10. The first-order valence-electron chi connectivity index (χ1n) is 3.65. The number of halogens is 1. The van der Waals surface area contributed by atoms with E-state index in [9.17, 15) is 4.79 Å². The van der Waals surface area contributed by atoms with Crippen molar-refractivity contribution in [1.82, 2.24) is 4.40 Å². The number of pyridine rings is 2. The topological polar surface area (TPSA) is 47.5 Å². The summed E-state index contributed by atoms with van der Waals surface area (Å²) in [7, 11) is 0. The first kappa shape index (κ1) is 9.61. The Hall–Kier alpha value is -1.48. The number of nitrogen functional groups attached to an aromatic ring is 1. The Morgan fingerprint density at radius 2 is 1.92 bits per heavy atom. The van der Waals surface area contributed by atoms with E-state index in [0.29, 0.717) is 5.69 Å². The zero-order valence-electron chi connectivity index (χ0n) is 6.81. The Kier molecular flexibility index (Phi) is 2.58. The molecule has 0 saturated heterocycles. The fourth-order valence-electron chi connectivity index (χ4n) is 1.20. The molecule has 0 atom stereocenters. The lowest BCUT2D eigenvalue weighted by Gasteiger charge is -2.01. The van der Waals surface area contributed by atoms with E-state index >= 15 is 0 Å². The summed E-state index contributed by atoms with van der Waals surface area (Å²) in [5.74, 6) is 0. The summed E-state index contributed by atoms with van der Waals surface area (Å²) in [4.78, 5) is 11.2. The molecular formula is C9H9ClN2O. The van der Waals surface area contributed by atoms with Crippen molar-refractivity contribution in [2.75, 3.05) is 5.73 Å². The van der Waals surface area contributed by atoms with Gasteiger partial charge in [-0.15, -0.1) is 12.4 Å². The lowest BCUT2D eigenvalue weighted by atomic mass is 10.3. The summed E-state index contributed by atoms with van der Waals surface area (Å²) in [5.41, 5.74) is 6.98. The van der Waals surface area contributed by atoms with E-state index in [0.717, 1.165) is 5.52 Å². The summed E-state index contributed by atoms with van der Waals surface area (Å²) in [6, 6.07) is 8.55. The quantitative estimate of drug-likeness (QED) is 0.691. The van der Waals surface area contributed by atoms with E-state index in [1.165, 1.54) is 10.5 Å². The molecule has 0 radical (unpaired) electrons. The highest BCUT2D eigenvalue weighted by Crippen LogP contribution is 2.08. The van der Waals surface area contributed by atoms with E-state index in [4.69, 9.17) is 5.73 Å². The van der Waals surface area contributed by atoms with Crippen LogP contribution in [-0.2, 0) is 0 Å². The van der Waals surface area contributed by atoms with E-state index in [1.807, 2.05) is 12.1 Å². The second-order valence-electron chi connectivity index (χ2n) is 2.58. The molecule has 0 aliphatic heterocycles. The molecule has 13 heavy (non-hydrogen) atoms. The van der Waals surface area contributed by atoms with Gasteiger partial charge in [-0.05, 0) is 18.2 Å². The van der Waals surface area contributed by atoms with Crippen LogP contribution in [-0.4, -0.2) is 4.40 Å². The Labute approximate surface area is 81.2 Å². The SMILES string of the molecule is Cl.Nc1ccc(=O)n2ccccc12. The maximum Gasteiger partial charge on any atom is 0.255 e. The molecule has 2 N–H and O–H groups in total. The molecule has 0 amide bonds. The largest absolute Gasteiger partial charge is 0.397 e. The van der Waals surface area contributed by atoms with E-state index in [-0.39, 0.29) is 18.0 Å². The molecule has 3 nitrogen and oxygen atoms in total. The van der Waals surface area contributed by atoms with Gasteiger partial charge in [0.25, 0.3) is 5.56 Å². The predicted octanol–water partition coefficient (Wildman–Crippen LogP) is 1.30. The number of nitrogens with zero attached hydrogens (tertiary/aromatic N) is 1. The summed E-state index contributed by atoms with van der Waals surface area (Å²) >= 11 is 0. The molecule has 2 heterocycles. The van der Waals surface area contributed by atoms with Crippen LogP contribution in [0.4, 0.5) is 5.69 Å². The van der Waals surface area contributed by atoms with E-state index in [1.54, 1.807) is 18.3 Å². The van der Waals surface area contributed by atoms with Crippen LogP contribution in [0.25, 0.3) is 5.52 Å². The van der Waals surface area contributed by atoms with Gasteiger partial charge in [-0.25, -0.2) is 0 Å². The molecular weight excluding hydrogens is 188 g/mol. The summed E-state index contributed by atoms with van der Waals surface area (Å²) in [6.45, 7) is 0. The monoisotopic (exact) mass is 196 g/mol. The second kappa shape index (κ2) is 3.49. The number of nitrogens with two attached hydrogens (primary N) is 1. The van der Waals surface area contributed by atoms with Gasteiger partial charge in [-0.2, -0.15) is 0 Å². The molecule has 0 spiro atoms. The van der Waals surface area contributed by atoms with Crippen LogP contribution >= 0.6 is 12.4 Å². The third-order valence-electron chi connectivity index (χ3n) is 1.80. The van der Waals surface area contributed by atoms with Crippen LogP contribution in [0.5, 0.6) is 0 Å². The van der Waals surface area contributed by atoms with Crippen molar-refractivity contribution in [2.45, 2.75) is 0 Å². The zero-order chi connectivity index (χ0) is 8.55. The molecule has 2 aromatic rings. The molecule has 0 aromatic carbocycles. The van der Waals surface area contributed by atoms with Gasteiger partial charge >= 0.3 is 0 Å². The molecule has 0 saturated carbocycles. The first-order chi connectivity index (χ1) is 5.79. The fraction of sp³-hybridized carbons (Fsp3) is 0. The van der Waals surface area contributed by atoms with Crippen molar-refractivity contribution in [1.29, 1.82) is 0 Å². The molecule has 0 bridgehead atoms. The summed E-state index contributed by atoms with van der Waals surface area (Å²) in [5, 5.41) is 0. The fourth-order valence-corrected chi connectivity index (χ4v) is 1.20. The number of hydrogen-bond donors (Lipinski definition) is 1. The summed E-state index contributed by atoms with van der Waals surface area (Å²) < 4.78 is 1.52. The predicted molar refractivity (Wildman–Crippen MR) is 55.3 cm³/mol. The van der Waals surface area contributed by atoms with Crippen LogP contribution in [0.3, 0.4) is 0 Å². The van der Waals surface area contributed by atoms with Crippen molar-refractivity contribution >= 4 is 23.6 Å². The van der Waals surface area contributed by atoms with Crippen molar-refractivity contribution in [3.05, 3.63) is 46.9 Å². The van der Waals surface area contributed by atoms with Crippen LogP contribution in [0.1, 0.15) is 0 Å². The Balaban J connectivity index is 0.000000845. The highest BCUT2D eigenvalue weighted by molar-refractivity contribution is 5.85. The average Bonchev–Trinajstić information content (AvgIpc) is 2.12. The minimum Gasteiger partial charge on any atom is -0.397 e. The minimum atomic E-state index is -0.0557. The minimum absolute atomic E-state index is 0. The molecule has 2 aromatic heterocycles. The number of aromatic nitrogens is 1. The maximum atomic E-state index is 11.2. The maximum absolute atomic E-state index is 11.2. The average molecular weight is 197 g/mol. The second-order valence-corrected chi connectivity index (χ2v) is 2.58. The van der Waals surface area contributed by atoms with Crippen LogP contribution in [0.2, 0.25) is 0 Å². The van der Waals surface area contributed by atoms with E-state index < -0.39 is 0 Å². The van der Waals surface area contributed by atoms with Gasteiger partial charge in [0.05, 0.1) is 11.2 Å². The van der Waals surface area contributed by atoms with E-state index in [2.05, 4.69) is 0 Å². The number of rotatable bonds is 0. The van der Waals surface area contributed by atoms with Gasteiger partial charge < -0.3 is 5.73 Å². The smallest absolute Gasteiger partial charge is 0.255 e. The molecule has 0 aliphatic rings. The van der Waals surface area contributed by atoms with Gasteiger partial charge in [0.2, 0.25) is 0 Å². The molecule has 2 rings (SSSR count). The molecule has 0 unspecified atom stereocenters. The Morgan fingerprint density at radius 3 is 2.62 bits per heavy atom. The van der Waals surface area contributed by atoms with Crippen LogP contribution in [0, 0.1) is 0 Å². The normalized spacial score (nSPS) is 9.54. The highest BCUT2D eigenvalue weighted by Gasteiger charge is 1.96. The highest BCUT2D eigenvalue weighted by atomic mass is 35.5. The number of fused-ring (bicyclic) bond motifs is 1. The van der Waals surface area contributed by atoms with Crippen molar-refractivity contribution in [3.8, 4) is 0 Å². The third kappa shape index (κ3) is 1.51. The van der Waals surface area contributed by atoms with Gasteiger partial charge in [0.15, 0.2) is 0 Å². The zero-order valence-corrected chi connectivity index (χ0v) is 7.62. The van der Waals surface area contributed by atoms with Gasteiger partial charge in [-0.1, -0.05) is 6.07 Å². The lowest BCUT2D eigenvalue weighted by Crippen LogP contribution is -2.12. The molecule has 0 aliphatic carbocycles. The number of hydrogen-bond acceptors (Lipinski definition) is 2. The number of anilines is 1. The van der Waals surface area contributed by atoms with Gasteiger partial charge in [-0.3, -0.25) is 9.20 Å². The van der Waals surface area contributed by atoms with Crippen LogP contribution < -0.4 is 11.3 Å². The first-order valence-corrected chi connectivity index (χ1v) is 3.65. The molecule has 4 heteroatoms. The summed E-state index contributed by atoms with van der Waals surface area (Å²) in [6.07, 6.45) is 1.70. The van der Waals surface area contributed by atoms with Crippen LogP contribution in [0.15, 0.2) is 41.3 Å². The standard InChI is InChI=1S/C9H8N2O.ClH/c10-7-4-5-9(12)11-6-2-1-3-8(7)11;/h1-6H,10H2;1H. The van der Waals surface area contributed by atoms with Gasteiger partial charge in [0.1, 0.15) is 0 Å². The Bertz CT molecular complexity index is 478. The molecule has 0 fully saturated rings. The van der Waals surface area contributed by atoms with Crippen molar-refractivity contribution < 1.29 is 0 Å². The third-order valence-corrected chi connectivity index (χ3v) is 1.80. The van der Waals surface area contributed by atoms with Crippen molar-refractivity contribution in [3.63, 3.8) is 0 Å².